The molecule has 1 heterocycles. The molecule has 0 bridgehead atoms. The first kappa shape index (κ1) is 14.1. The van der Waals surface area contributed by atoms with Crippen molar-refractivity contribution in [2.24, 2.45) is 5.92 Å². The minimum atomic E-state index is -0.600. The zero-order valence-corrected chi connectivity index (χ0v) is 12.6. The van der Waals surface area contributed by atoms with Crippen LogP contribution in [0.15, 0.2) is 30.3 Å². The van der Waals surface area contributed by atoms with E-state index in [4.69, 9.17) is 0 Å². The van der Waals surface area contributed by atoms with Crippen molar-refractivity contribution in [3.63, 3.8) is 0 Å². The number of amides is 1. The van der Waals surface area contributed by atoms with Crippen molar-refractivity contribution >= 4 is 17.7 Å². The van der Waals surface area contributed by atoms with Crippen LogP contribution in [-0.4, -0.2) is 48.7 Å². The maximum Gasteiger partial charge on any atom is 0.246 e. The molecule has 1 aliphatic heterocycles. The van der Waals surface area contributed by atoms with Crippen molar-refractivity contribution in [2.45, 2.75) is 18.4 Å². The summed E-state index contributed by atoms with van der Waals surface area (Å²) < 4.78 is 0. The molecule has 1 aromatic carbocycles. The third-order valence-electron chi connectivity index (χ3n) is 4.41. The van der Waals surface area contributed by atoms with Crippen LogP contribution < -0.4 is 4.90 Å². The summed E-state index contributed by atoms with van der Waals surface area (Å²) in [4.78, 5) is 15.8. The van der Waals surface area contributed by atoms with E-state index in [1.54, 1.807) is 11.0 Å². The van der Waals surface area contributed by atoms with Crippen LogP contribution >= 0.6 is 0 Å². The highest BCUT2D eigenvalue weighted by molar-refractivity contribution is 5.92. The van der Waals surface area contributed by atoms with Gasteiger partial charge in [-0.2, -0.15) is 0 Å². The molecular formula is C17H22N2O2. The van der Waals surface area contributed by atoms with Crippen molar-refractivity contribution < 1.29 is 9.90 Å². The lowest BCUT2D eigenvalue weighted by Crippen LogP contribution is -2.64. The van der Waals surface area contributed by atoms with Crippen LogP contribution in [0.3, 0.4) is 0 Å². The number of benzene rings is 1. The Morgan fingerprint density at radius 3 is 2.43 bits per heavy atom. The molecule has 0 spiro atoms. The first-order valence-electron chi connectivity index (χ1n) is 7.45. The lowest BCUT2D eigenvalue weighted by molar-refractivity contribution is -0.154. The number of nitrogens with zero attached hydrogens (tertiary/aromatic N) is 2. The summed E-state index contributed by atoms with van der Waals surface area (Å²) in [5.74, 6) is 0.404. The maximum absolute atomic E-state index is 12.0. The summed E-state index contributed by atoms with van der Waals surface area (Å²) in [5.41, 5.74) is 1.54. The van der Waals surface area contributed by atoms with Crippen LogP contribution in [0.1, 0.15) is 18.4 Å². The molecule has 4 heteroatoms. The van der Waals surface area contributed by atoms with Gasteiger partial charge in [0.1, 0.15) is 5.60 Å². The van der Waals surface area contributed by atoms with Gasteiger partial charge in [0, 0.05) is 25.9 Å². The molecule has 0 aromatic heterocycles. The highest BCUT2D eigenvalue weighted by Crippen LogP contribution is 2.44. The fourth-order valence-electron chi connectivity index (χ4n) is 2.81. The largest absolute Gasteiger partial charge is 0.386 e. The van der Waals surface area contributed by atoms with Gasteiger partial charge in [0.2, 0.25) is 5.91 Å². The van der Waals surface area contributed by atoms with Crippen molar-refractivity contribution in [3.05, 3.63) is 35.9 Å². The van der Waals surface area contributed by atoms with E-state index in [1.807, 2.05) is 49.3 Å². The molecule has 112 valence electrons. The number of rotatable bonds is 4. The average molecular weight is 286 g/mol. The highest BCUT2D eigenvalue weighted by Gasteiger charge is 2.52. The van der Waals surface area contributed by atoms with Gasteiger partial charge in [-0.25, -0.2) is 0 Å². The molecule has 0 unspecified atom stereocenters. The van der Waals surface area contributed by atoms with E-state index in [9.17, 15) is 9.90 Å². The number of carbonyl (C=O) groups excluding carboxylic acids is 1. The van der Waals surface area contributed by atoms with Gasteiger partial charge in [0.05, 0.1) is 13.1 Å². The van der Waals surface area contributed by atoms with E-state index >= 15 is 0 Å². The number of anilines is 1. The molecular weight excluding hydrogens is 264 g/mol. The van der Waals surface area contributed by atoms with Crippen LogP contribution in [0, 0.1) is 5.92 Å². The van der Waals surface area contributed by atoms with Crippen molar-refractivity contribution in [3.8, 4) is 0 Å². The van der Waals surface area contributed by atoms with Gasteiger partial charge in [-0.05, 0) is 42.5 Å². The van der Waals surface area contributed by atoms with Crippen molar-refractivity contribution in [1.29, 1.82) is 0 Å². The second-order valence-corrected chi connectivity index (χ2v) is 6.39. The lowest BCUT2D eigenvalue weighted by Gasteiger charge is -2.46. The smallest absolute Gasteiger partial charge is 0.246 e. The van der Waals surface area contributed by atoms with Gasteiger partial charge in [-0.3, -0.25) is 4.79 Å². The Balaban J connectivity index is 1.55. The quantitative estimate of drug-likeness (QED) is 0.858. The Bertz CT molecular complexity index is 553. The summed E-state index contributed by atoms with van der Waals surface area (Å²) >= 11 is 0. The third-order valence-corrected chi connectivity index (χ3v) is 4.41. The number of carbonyl (C=O) groups is 1. The van der Waals surface area contributed by atoms with Crippen LogP contribution in [0.2, 0.25) is 0 Å². The Morgan fingerprint density at radius 2 is 1.90 bits per heavy atom. The molecule has 0 atom stereocenters. The number of hydrogen-bond donors (Lipinski definition) is 1. The van der Waals surface area contributed by atoms with Gasteiger partial charge >= 0.3 is 0 Å². The van der Waals surface area contributed by atoms with Crippen LogP contribution in [0.5, 0.6) is 0 Å². The molecule has 1 aliphatic carbocycles. The summed E-state index contributed by atoms with van der Waals surface area (Å²) in [6, 6.07) is 8.05. The maximum atomic E-state index is 12.0. The summed E-state index contributed by atoms with van der Waals surface area (Å²) in [6.07, 6.45) is 5.63. The van der Waals surface area contributed by atoms with E-state index in [0.717, 1.165) is 24.1 Å². The molecule has 21 heavy (non-hydrogen) atoms. The molecule has 0 radical (unpaired) electrons. The summed E-state index contributed by atoms with van der Waals surface area (Å²) in [7, 11) is 4.00. The lowest BCUT2D eigenvalue weighted by atomic mass is 9.88. The fraction of sp³-hybridized carbons (Fsp3) is 0.471. The predicted octanol–water partition coefficient (Wildman–Crippen LogP) is 1.75. The summed E-state index contributed by atoms with van der Waals surface area (Å²) in [6.45, 7) is 0.973. The molecule has 1 saturated carbocycles. The fourth-order valence-corrected chi connectivity index (χ4v) is 2.81. The molecule has 1 N–H and O–H groups in total. The third kappa shape index (κ3) is 2.95. The SMILES string of the molecule is CN(C)c1ccc(C=CC(=O)N2CC(O)(C3CC3)C2)cc1. The van der Waals surface area contributed by atoms with Crippen molar-refractivity contribution in [2.75, 3.05) is 32.1 Å². The first-order valence-corrected chi connectivity index (χ1v) is 7.45. The molecule has 4 nitrogen and oxygen atoms in total. The minimum Gasteiger partial charge on any atom is -0.386 e. The standard InChI is InChI=1S/C17H22N2O2/c1-18(2)15-8-3-13(4-9-15)5-10-16(20)19-11-17(21,12-19)14-6-7-14/h3-5,8-10,14,21H,6-7,11-12H2,1-2H3. The topological polar surface area (TPSA) is 43.8 Å². The Kier molecular flexibility index (Phi) is 3.49. The molecule has 1 saturated heterocycles. The Hall–Kier alpha value is -1.81. The van der Waals surface area contributed by atoms with Gasteiger partial charge in [0.25, 0.3) is 0 Å². The van der Waals surface area contributed by atoms with Gasteiger partial charge < -0.3 is 14.9 Å². The number of aliphatic hydroxyl groups is 1. The summed E-state index contributed by atoms with van der Waals surface area (Å²) in [5, 5.41) is 10.2. The second-order valence-electron chi connectivity index (χ2n) is 6.39. The highest BCUT2D eigenvalue weighted by atomic mass is 16.3. The number of β-amino-alcohol motifs (C(OH)–C–C–N with tert-alkyl or cyclic N) is 1. The van der Waals surface area contributed by atoms with Crippen molar-refractivity contribution in [1.82, 2.24) is 4.90 Å². The minimum absolute atomic E-state index is 0.0167. The predicted molar refractivity (Wildman–Crippen MR) is 84.1 cm³/mol. The molecule has 2 aliphatic rings. The second kappa shape index (κ2) is 5.19. The number of hydrogen-bond acceptors (Lipinski definition) is 3. The zero-order valence-electron chi connectivity index (χ0n) is 12.6. The van der Waals surface area contributed by atoms with Gasteiger partial charge in [0.15, 0.2) is 0 Å². The molecule has 2 fully saturated rings. The number of likely N-dealkylation sites (tertiary alicyclic amines) is 1. The van der Waals surface area contributed by atoms with E-state index < -0.39 is 5.60 Å². The Morgan fingerprint density at radius 1 is 1.29 bits per heavy atom. The van der Waals surface area contributed by atoms with Crippen LogP contribution in [0.25, 0.3) is 6.08 Å². The zero-order chi connectivity index (χ0) is 15.0. The van der Waals surface area contributed by atoms with Gasteiger partial charge in [-0.1, -0.05) is 12.1 Å². The van der Waals surface area contributed by atoms with E-state index in [2.05, 4.69) is 0 Å². The molecule has 1 amide bonds. The van der Waals surface area contributed by atoms with Crippen LogP contribution in [-0.2, 0) is 4.79 Å². The first-order chi connectivity index (χ1) is 9.98. The normalized spacial score (nSPS) is 20.4. The van der Waals surface area contributed by atoms with E-state index in [0.29, 0.717) is 19.0 Å². The molecule has 3 rings (SSSR count). The van der Waals surface area contributed by atoms with Gasteiger partial charge in [-0.15, -0.1) is 0 Å². The Labute approximate surface area is 125 Å². The monoisotopic (exact) mass is 286 g/mol. The van der Waals surface area contributed by atoms with Crippen LogP contribution in [0.4, 0.5) is 5.69 Å². The molecule has 1 aromatic rings. The van der Waals surface area contributed by atoms with E-state index in [1.165, 1.54) is 0 Å². The average Bonchev–Trinajstić information content (AvgIpc) is 3.26. The van der Waals surface area contributed by atoms with E-state index in [-0.39, 0.29) is 5.91 Å².